The molecule has 4 aromatic rings. The number of nitrogens with zero attached hydrogens (tertiary/aromatic N) is 7. The van der Waals surface area contributed by atoms with Crippen LogP contribution in [0.5, 0.6) is 17.2 Å². The minimum Gasteiger partial charge on any atom is -0.493 e. The van der Waals surface area contributed by atoms with E-state index >= 15 is 0 Å². The summed E-state index contributed by atoms with van der Waals surface area (Å²) in [6, 6.07) is 15.8. The highest BCUT2D eigenvalue weighted by Gasteiger charge is 2.22. The normalized spacial score (nSPS) is 10.6. The summed E-state index contributed by atoms with van der Waals surface area (Å²) in [6.45, 7) is 0. The van der Waals surface area contributed by atoms with Crippen molar-refractivity contribution in [3.8, 4) is 34.6 Å². The van der Waals surface area contributed by atoms with Gasteiger partial charge in [-0.2, -0.15) is 5.26 Å². The summed E-state index contributed by atoms with van der Waals surface area (Å²) < 4.78 is 18.0. The van der Waals surface area contributed by atoms with Gasteiger partial charge in [-0.1, -0.05) is 42.1 Å². The second-order valence-electron chi connectivity index (χ2n) is 7.02. The van der Waals surface area contributed by atoms with Gasteiger partial charge in [0, 0.05) is 18.4 Å². The molecule has 0 aliphatic carbocycles. The maximum Gasteiger partial charge on any atom is 0.215 e. The number of aryl methyl sites for hydroxylation is 1. The summed E-state index contributed by atoms with van der Waals surface area (Å²) in [5, 5.41) is 23.1. The number of thioether (sulfide) groups is 1. The van der Waals surface area contributed by atoms with E-state index in [1.54, 1.807) is 19.2 Å². The van der Waals surface area contributed by atoms with E-state index in [-0.39, 0.29) is 5.56 Å². The predicted octanol–water partition coefficient (Wildman–Crippen LogP) is 4.01. The molecule has 2 aromatic heterocycles. The minimum absolute atomic E-state index is 0.288. The van der Waals surface area contributed by atoms with E-state index in [2.05, 4.69) is 26.6 Å². The molecule has 12 heteroatoms. The second kappa shape index (κ2) is 11.1. The number of hydrogen-bond acceptors (Lipinski definition) is 11. The molecule has 2 heterocycles. The van der Waals surface area contributed by atoms with E-state index in [9.17, 15) is 5.26 Å². The van der Waals surface area contributed by atoms with Gasteiger partial charge in [0.15, 0.2) is 16.7 Å². The molecule has 2 aromatic carbocycles. The zero-order chi connectivity index (χ0) is 24.8. The number of methoxy groups -OCH3 is 3. The molecule has 0 saturated carbocycles. The lowest BCUT2D eigenvalue weighted by Crippen LogP contribution is -2.02. The Morgan fingerprint density at radius 2 is 1.71 bits per heavy atom. The fraction of sp³-hybridized carbons (Fsp3) is 0.217. The van der Waals surface area contributed by atoms with Crippen molar-refractivity contribution < 1.29 is 14.2 Å². The summed E-state index contributed by atoms with van der Waals surface area (Å²) >= 11 is 2.67. The molecule has 4 rings (SSSR count). The Morgan fingerprint density at radius 3 is 2.29 bits per heavy atom. The smallest absolute Gasteiger partial charge is 0.215 e. The Hall–Kier alpha value is -3.82. The lowest BCUT2D eigenvalue weighted by Gasteiger charge is -2.15. The highest BCUT2D eigenvalue weighted by molar-refractivity contribution is 7.99. The maximum absolute atomic E-state index is 10.1. The number of rotatable bonds is 9. The number of benzene rings is 2. The molecule has 0 atom stereocenters. The minimum atomic E-state index is 0.288. The lowest BCUT2D eigenvalue weighted by molar-refractivity contribution is 0.324. The first kappa shape index (κ1) is 24.3. The largest absolute Gasteiger partial charge is 0.493 e. The molecule has 0 spiro atoms. The molecule has 0 radical (unpaired) electrons. The molecule has 178 valence electrons. The summed E-state index contributed by atoms with van der Waals surface area (Å²) in [5.41, 5.74) is 2.48. The van der Waals surface area contributed by atoms with E-state index in [0.717, 1.165) is 5.56 Å². The molecule has 10 nitrogen and oxygen atoms in total. The molecular weight excluding hydrogens is 486 g/mol. The number of hydrogen-bond donors (Lipinski definition) is 0. The Labute approximate surface area is 210 Å². The molecule has 35 heavy (non-hydrogen) atoms. The van der Waals surface area contributed by atoms with Crippen LogP contribution in [-0.4, -0.2) is 51.5 Å². The standard InChI is InChI=1S/C23H21N7O3S2/c1-30-23(27-28-29-30)35-21-16(12-24)19(15-10-17(31-2)20(33-4)18(11-15)32-3)25-22(26-21)34-13-14-8-6-5-7-9-14/h5-11H,13H2,1-4H3. The van der Waals surface area contributed by atoms with Crippen LogP contribution in [0.1, 0.15) is 11.1 Å². The Balaban J connectivity index is 1.85. The van der Waals surface area contributed by atoms with Crippen LogP contribution < -0.4 is 14.2 Å². The van der Waals surface area contributed by atoms with Crippen LogP contribution in [0.25, 0.3) is 11.3 Å². The van der Waals surface area contributed by atoms with Crippen LogP contribution in [0.2, 0.25) is 0 Å². The molecule has 0 unspecified atom stereocenters. The van der Waals surface area contributed by atoms with Crippen LogP contribution in [0.3, 0.4) is 0 Å². The van der Waals surface area contributed by atoms with Crippen molar-refractivity contribution in [3.63, 3.8) is 0 Å². The summed E-state index contributed by atoms with van der Waals surface area (Å²) in [6.07, 6.45) is 0. The van der Waals surface area contributed by atoms with Crippen LogP contribution in [0.4, 0.5) is 0 Å². The molecule has 0 saturated heterocycles. The fourth-order valence-corrected chi connectivity index (χ4v) is 4.86. The van der Waals surface area contributed by atoms with Crippen LogP contribution in [-0.2, 0) is 12.8 Å². The van der Waals surface area contributed by atoms with Crippen molar-refractivity contribution in [1.82, 2.24) is 30.2 Å². The fourth-order valence-electron chi connectivity index (χ4n) is 3.20. The van der Waals surface area contributed by atoms with Gasteiger partial charge in [-0.25, -0.2) is 14.6 Å². The van der Waals surface area contributed by atoms with Gasteiger partial charge in [0.1, 0.15) is 16.7 Å². The van der Waals surface area contributed by atoms with Crippen LogP contribution in [0, 0.1) is 11.3 Å². The van der Waals surface area contributed by atoms with Crippen LogP contribution in [0.15, 0.2) is 57.8 Å². The van der Waals surface area contributed by atoms with Crippen molar-refractivity contribution >= 4 is 23.5 Å². The molecule has 0 fully saturated rings. The highest BCUT2D eigenvalue weighted by atomic mass is 32.2. The van der Waals surface area contributed by atoms with E-state index < -0.39 is 0 Å². The van der Waals surface area contributed by atoms with Crippen molar-refractivity contribution in [2.75, 3.05) is 21.3 Å². The van der Waals surface area contributed by atoms with E-state index in [0.29, 0.717) is 49.6 Å². The first-order valence-electron chi connectivity index (χ1n) is 10.3. The van der Waals surface area contributed by atoms with E-state index in [1.807, 2.05) is 30.3 Å². The van der Waals surface area contributed by atoms with E-state index in [1.165, 1.54) is 49.5 Å². The number of aromatic nitrogens is 6. The summed E-state index contributed by atoms with van der Waals surface area (Å²) in [4.78, 5) is 9.43. The Morgan fingerprint density at radius 1 is 1.00 bits per heavy atom. The van der Waals surface area contributed by atoms with Crippen LogP contribution >= 0.6 is 23.5 Å². The van der Waals surface area contributed by atoms with Crippen molar-refractivity contribution in [2.45, 2.75) is 21.1 Å². The first-order valence-corrected chi connectivity index (χ1v) is 12.1. The van der Waals surface area contributed by atoms with Crippen molar-refractivity contribution in [1.29, 1.82) is 5.26 Å². The van der Waals surface area contributed by atoms with Gasteiger partial charge < -0.3 is 14.2 Å². The molecule has 0 N–H and O–H groups in total. The quantitative estimate of drug-likeness (QED) is 0.186. The van der Waals surface area contributed by atoms with Gasteiger partial charge in [0.2, 0.25) is 10.9 Å². The third-order valence-electron chi connectivity index (χ3n) is 4.89. The van der Waals surface area contributed by atoms with Gasteiger partial charge >= 0.3 is 0 Å². The molecule has 0 bridgehead atoms. The van der Waals surface area contributed by atoms with Gasteiger partial charge in [0.25, 0.3) is 0 Å². The van der Waals surface area contributed by atoms with Crippen molar-refractivity contribution in [2.24, 2.45) is 7.05 Å². The molecule has 0 aliphatic rings. The molecule has 0 amide bonds. The van der Waals surface area contributed by atoms with Gasteiger partial charge in [-0.05, 0) is 39.9 Å². The van der Waals surface area contributed by atoms with Gasteiger partial charge in [-0.3, -0.25) is 0 Å². The SMILES string of the molecule is COc1cc(-c2nc(SCc3ccccc3)nc(Sc3nnnn3C)c2C#N)cc(OC)c1OC. The lowest BCUT2D eigenvalue weighted by atomic mass is 10.1. The molecular formula is C23H21N7O3S2. The third-order valence-corrected chi connectivity index (χ3v) is 6.82. The third kappa shape index (κ3) is 5.31. The number of tetrazole rings is 1. The Kier molecular flexibility index (Phi) is 7.69. The Bertz CT molecular complexity index is 1350. The summed E-state index contributed by atoms with van der Waals surface area (Å²) in [5.74, 6) is 2.02. The zero-order valence-corrected chi connectivity index (χ0v) is 21.1. The first-order chi connectivity index (χ1) is 17.1. The predicted molar refractivity (Wildman–Crippen MR) is 131 cm³/mol. The zero-order valence-electron chi connectivity index (χ0n) is 19.4. The number of ether oxygens (including phenoxy) is 3. The summed E-state index contributed by atoms with van der Waals surface area (Å²) in [7, 11) is 6.33. The van der Waals surface area contributed by atoms with Gasteiger partial charge in [-0.15, -0.1) is 5.10 Å². The van der Waals surface area contributed by atoms with Crippen molar-refractivity contribution in [3.05, 3.63) is 53.6 Å². The second-order valence-corrected chi connectivity index (χ2v) is 8.92. The van der Waals surface area contributed by atoms with E-state index in [4.69, 9.17) is 19.2 Å². The van der Waals surface area contributed by atoms with Gasteiger partial charge in [0.05, 0.1) is 27.0 Å². The average molecular weight is 508 g/mol. The maximum atomic E-state index is 10.1. The average Bonchev–Trinajstić information content (AvgIpc) is 3.30. The molecule has 0 aliphatic heterocycles. The topological polar surface area (TPSA) is 121 Å². The number of nitriles is 1. The monoisotopic (exact) mass is 507 g/mol. The highest BCUT2D eigenvalue weighted by Crippen LogP contribution is 2.43.